The molecule has 1 fully saturated rings. The molecule has 0 amide bonds. The lowest BCUT2D eigenvalue weighted by Gasteiger charge is -2.16. The SMILES string of the molecule is Cc1ccc([C@H](C#N)C2CCCC2)cc1. The summed E-state index contributed by atoms with van der Waals surface area (Å²) < 4.78 is 0. The minimum Gasteiger partial charge on any atom is -0.198 e. The standard InChI is InChI=1S/C14H17N/c1-11-6-8-13(9-7-11)14(10-15)12-4-2-3-5-12/h6-9,12,14H,2-5H2,1H3/t14-/m1/s1. The summed E-state index contributed by atoms with van der Waals surface area (Å²) in [5.41, 5.74) is 2.47. The highest BCUT2D eigenvalue weighted by molar-refractivity contribution is 5.29. The first-order chi connectivity index (χ1) is 7.31. The molecule has 0 aliphatic heterocycles. The quantitative estimate of drug-likeness (QED) is 0.710. The predicted octanol–water partition coefficient (Wildman–Crippen LogP) is 3.79. The fraction of sp³-hybridized carbons (Fsp3) is 0.500. The van der Waals surface area contributed by atoms with Gasteiger partial charge in [0.25, 0.3) is 0 Å². The zero-order chi connectivity index (χ0) is 10.7. The summed E-state index contributed by atoms with van der Waals surface area (Å²) in [7, 11) is 0. The Bertz CT molecular complexity index is 352. The number of rotatable bonds is 2. The van der Waals surface area contributed by atoms with Crippen LogP contribution in [0.25, 0.3) is 0 Å². The van der Waals surface area contributed by atoms with Crippen molar-refractivity contribution in [2.45, 2.75) is 38.5 Å². The first-order valence-electron chi connectivity index (χ1n) is 5.77. The molecule has 15 heavy (non-hydrogen) atoms. The highest BCUT2D eigenvalue weighted by atomic mass is 14.3. The fourth-order valence-corrected chi connectivity index (χ4v) is 2.52. The van der Waals surface area contributed by atoms with Crippen molar-refractivity contribution in [3.05, 3.63) is 35.4 Å². The minimum absolute atomic E-state index is 0.119. The molecule has 1 aliphatic rings. The average Bonchev–Trinajstić information content (AvgIpc) is 2.75. The van der Waals surface area contributed by atoms with E-state index >= 15 is 0 Å². The van der Waals surface area contributed by atoms with Gasteiger partial charge in [0.15, 0.2) is 0 Å². The van der Waals surface area contributed by atoms with Crippen LogP contribution in [0.15, 0.2) is 24.3 Å². The molecule has 0 aromatic heterocycles. The van der Waals surface area contributed by atoms with Crippen molar-refractivity contribution in [2.75, 3.05) is 0 Å². The molecule has 1 aliphatic carbocycles. The van der Waals surface area contributed by atoms with Gasteiger partial charge in [-0.15, -0.1) is 0 Å². The van der Waals surface area contributed by atoms with Crippen molar-refractivity contribution in [3.8, 4) is 6.07 Å². The van der Waals surface area contributed by atoms with E-state index in [1.165, 1.54) is 36.8 Å². The summed E-state index contributed by atoms with van der Waals surface area (Å²) >= 11 is 0. The van der Waals surface area contributed by atoms with Crippen LogP contribution in [0.5, 0.6) is 0 Å². The van der Waals surface area contributed by atoms with E-state index in [2.05, 4.69) is 37.3 Å². The number of hydrogen-bond acceptors (Lipinski definition) is 1. The number of nitrogens with zero attached hydrogens (tertiary/aromatic N) is 1. The van der Waals surface area contributed by atoms with E-state index in [1.807, 2.05) is 0 Å². The molecule has 1 heteroatoms. The van der Waals surface area contributed by atoms with Crippen molar-refractivity contribution < 1.29 is 0 Å². The third-order valence-electron chi connectivity index (χ3n) is 3.45. The van der Waals surface area contributed by atoms with E-state index in [0.717, 1.165) is 0 Å². The van der Waals surface area contributed by atoms with Gasteiger partial charge in [-0.3, -0.25) is 0 Å². The summed E-state index contributed by atoms with van der Waals surface area (Å²) in [6, 6.07) is 10.9. The second-order valence-corrected chi connectivity index (χ2v) is 4.56. The number of nitriles is 1. The minimum atomic E-state index is 0.119. The molecule has 2 rings (SSSR count). The van der Waals surface area contributed by atoms with Crippen molar-refractivity contribution in [1.29, 1.82) is 5.26 Å². The molecule has 78 valence electrons. The molecule has 0 heterocycles. The van der Waals surface area contributed by atoms with Gasteiger partial charge in [-0.25, -0.2) is 0 Å². The lowest BCUT2D eigenvalue weighted by atomic mass is 9.86. The first-order valence-corrected chi connectivity index (χ1v) is 5.77. The van der Waals surface area contributed by atoms with Gasteiger partial charge >= 0.3 is 0 Å². The summed E-state index contributed by atoms with van der Waals surface area (Å²) in [6.45, 7) is 2.08. The van der Waals surface area contributed by atoms with Gasteiger partial charge in [0.1, 0.15) is 0 Å². The molecule has 1 nitrogen and oxygen atoms in total. The Hall–Kier alpha value is -1.29. The molecule has 0 saturated heterocycles. The monoisotopic (exact) mass is 199 g/mol. The van der Waals surface area contributed by atoms with Crippen LogP contribution in [0, 0.1) is 24.2 Å². The Balaban J connectivity index is 2.19. The van der Waals surface area contributed by atoms with Crippen LogP contribution in [0.4, 0.5) is 0 Å². The van der Waals surface area contributed by atoms with Crippen LogP contribution in [-0.2, 0) is 0 Å². The Morgan fingerprint density at radius 1 is 1.20 bits per heavy atom. The third kappa shape index (κ3) is 2.21. The predicted molar refractivity (Wildman–Crippen MR) is 61.5 cm³/mol. The Labute approximate surface area is 91.7 Å². The smallest absolute Gasteiger partial charge is 0.0740 e. The van der Waals surface area contributed by atoms with Crippen LogP contribution in [0.3, 0.4) is 0 Å². The fourth-order valence-electron chi connectivity index (χ4n) is 2.52. The van der Waals surface area contributed by atoms with E-state index in [-0.39, 0.29) is 5.92 Å². The molecular weight excluding hydrogens is 182 g/mol. The molecule has 0 unspecified atom stereocenters. The lowest BCUT2D eigenvalue weighted by Crippen LogP contribution is -2.07. The third-order valence-corrected chi connectivity index (χ3v) is 3.45. The maximum absolute atomic E-state index is 9.26. The summed E-state index contributed by atoms with van der Waals surface area (Å²) in [6.07, 6.45) is 5.06. The molecule has 1 aromatic rings. The normalized spacial score (nSPS) is 18.7. The number of aryl methyl sites for hydroxylation is 1. The second-order valence-electron chi connectivity index (χ2n) is 4.56. The van der Waals surface area contributed by atoms with Crippen LogP contribution in [-0.4, -0.2) is 0 Å². The van der Waals surface area contributed by atoms with Gasteiger partial charge in [-0.1, -0.05) is 42.7 Å². The maximum atomic E-state index is 9.26. The highest BCUT2D eigenvalue weighted by Gasteiger charge is 2.25. The van der Waals surface area contributed by atoms with Crippen molar-refractivity contribution in [2.24, 2.45) is 5.92 Å². The van der Waals surface area contributed by atoms with E-state index in [4.69, 9.17) is 0 Å². The molecular formula is C14H17N. The molecule has 0 spiro atoms. The van der Waals surface area contributed by atoms with Crippen LogP contribution >= 0.6 is 0 Å². The van der Waals surface area contributed by atoms with E-state index in [1.54, 1.807) is 0 Å². The van der Waals surface area contributed by atoms with Crippen LogP contribution < -0.4 is 0 Å². The Morgan fingerprint density at radius 2 is 1.80 bits per heavy atom. The van der Waals surface area contributed by atoms with Gasteiger partial charge in [0.2, 0.25) is 0 Å². The summed E-state index contributed by atoms with van der Waals surface area (Å²) in [4.78, 5) is 0. The molecule has 0 N–H and O–H groups in total. The molecule has 1 saturated carbocycles. The van der Waals surface area contributed by atoms with Crippen molar-refractivity contribution in [3.63, 3.8) is 0 Å². The zero-order valence-electron chi connectivity index (χ0n) is 9.24. The van der Waals surface area contributed by atoms with Crippen molar-refractivity contribution in [1.82, 2.24) is 0 Å². The summed E-state index contributed by atoms with van der Waals surface area (Å²) in [5, 5.41) is 9.26. The van der Waals surface area contributed by atoms with Crippen LogP contribution in [0.1, 0.15) is 42.7 Å². The summed E-state index contributed by atoms with van der Waals surface area (Å²) in [5.74, 6) is 0.714. The second kappa shape index (κ2) is 4.49. The molecule has 0 radical (unpaired) electrons. The van der Waals surface area contributed by atoms with Gasteiger partial charge in [-0.2, -0.15) is 5.26 Å². The maximum Gasteiger partial charge on any atom is 0.0740 e. The lowest BCUT2D eigenvalue weighted by molar-refractivity contribution is 0.501. The van der Waals surface area contributed by atoms with Crippen LogP contribution in [0.2, 0.25) is 0 Å². The topological polar surface area (TPSA) is 23.8 Å². The van der Waals surface area contributed by atoms with Gasteiger partial charge in [0.05, 0.1) is 12.0 Å². The number of hydrogen-bond donors (Lipinski definition) is 0. The van der Waals surface area contributed by atoms with E-state index in [9.17, 15) is 5.26 Å². The first kappa shape index (κ1) is 10.2. The van der Waals surface area contributed by atoms with Gasteiger partial charge in [-0.05, 0) is 31.2 Å². The molecule has 1 atom stereocenters. The zero-order valence-corrected chi connectivity index (χ0v) is 9.24. The largest absolute Gasteiger partial charge is 0.198 e. The van der Waals surface area contributed by atoms with Crippen molar-refractivity contribution >= 4 is 0 Å². The van der Waals surface area contributed by atoms with Gasteiger partial charge < -0.3 is 0 Å². The number of benzene rings is 1. The van der Waals surface area contributed by atoms with E-state index in [0.29, 0.717) is 5.92 Å². The van der Waals surface area contributed by atoms with E-state index < -0.39 is 0 Å². The average molecular weight is 199 g/mol. The Morgan fingerprint density at radius 3 is 2.33 bits per heavy atom. The molecule has 1 aromatic carbocycles. The highest BCUT2D eigenvalue weighted by Crippen LogP contribution is 2.36. The molecule has 0 bridgehead atoms. The van der Waals surface area contributed by atoms with Gasteiger partial charge in [0, 0.05) is 0 Å². The Kier molecular flexibility index (Phi) is 3.06.